The highest BCUT2D eigenvalue weighted by molar-refractivity contribution is 5.74. The average molecular weight is 360 g/mol. The molecule has 0 saturated carbocycles. The number of urea groups is 1. The molecule has 1 atom stereocenters. The molecule has 2 heterocycles. The van der Waals surface area contributed by atoms with E-state index in [2.05, 4.69) is 10.4 Å². The Hall–Kier alpha value is -2.41. The number of para-hydroxylation sites is 1. The lowest BCUT2D eigenvalue weighted by Crippen LogP contribution is -2.41. The number of nitrogens with one attached hydrogen (secondary N) is 1. The predicted octanol–water partition coefficient (Wildman–Crippen LogP) is 3.14. The predicted molar refractivity (Wildman–Crippen MR) is 96.6 cm³/mol. The molecule has 2 aromatic rings. The number of rotatable bonds is 5. The van der Waals surface area contributed by atoms with Gasteiger partial charge in [0, 0.05) is 38.6 Å². The maximum absolute atomic E-state index is 13.9. The molecular formula is C19H25FN4O2. The highest BCUT2D eigenvalue weighted by atomic mass is 19.1. The quantitative estimate of drug-likeness (QED) is 0.891. The Balaban J connectivity index is 1.58. The summed E-state index contributed by atoms with van der Waals surface area (Å²) in [6, 6.07) is 6.11. The minimum absolute atomic E-state index is 0.123. The molecule has 1 aromatic heterocycles. The lowest BCUT2D eigenvalue weighted by molar-refractivity contribution is 0.0585. The van der Waals surface area contributed by atoms with Crippen molar-refractivity contribution in [1.82, 2.24) is 20.0 Å². The lowest BCUT2D eigenvalue weighted by atomic mass is 10.00. The van der Waals surface area contributed by atoms with Crippen LogP contribution in [0.5, 0.6) is 0 Å². The first-order chi connectivity index (χ1) is 12.5. The van der Waals surface area contributed by atoms with E-state index in [0.29, 0.717) is 11.6 Å². The van der Waals surface area contributed by atoms with E-state index in [1.54, 1.807) is 42.5 Å². The van der Waals surface area contributed by atoms with Crippen LogP contribution in [0.4, 0.5) is 9.18 Å². The molecule has 1 N–H and O–H groups in total. The second-order valence-corrected chi connectivity index (χ2v) is 6.78. The zero-order valence-electron chi connectivity index (χ0n) is 15.2. The van der Waals surface area contributed by atoms with Crippen LogP contribution in [0.25, 0.3) is 5.69 Å². The van der Waals surface area contributed by atoms with Gasteiger partial charge in [0.15, 0.2) is 0 Å². The molecule has 1 fully saturated rings. The topological polar surface area (TPSA) is 59.4 Å². The van der Waals surface area contributed by atoms with Gasteiger partial charge in [-0.1, -0.05) is 12.1 Å². The maximum Gasteiger partial charge on any atom is 0.317 e. The molecule has 3 rings (SSSR count). The SMILES string of the molecule is C[C@@H](NC(=O)N(C)CC1CCOCC1)c1cnn(-c2ccccc2F)c1. The lowest BCUT2D eigenvalue weighted by Gasteiger charge is -2.28. The van der Waals surface area contributed by atoms with Crippen LogP contribution in [0.3, 0.4) is 0 Å². The molecule has 0 spiro atoms. The summed E-state index contributed by atoms with van der Waals surface area (Å²) < 4.78 is 20.7. The van der Waals surface area contributed by atoms with Crippen LogP contribution >= 0.6 is 0 Å². The fourth-order valence-corrected chi connectivity index (χ4v) is 3.11. The number of hydrogen-bond donors (Lipinski definition) is 1. The van der Waals surface area contributed by atoms with E-state index in [4.69, 9.17) is 4.74 Å². The molecule has 6 nitrogen and oxygen atoms in total. The first-order valence-corrected chi connectivity index (χ1v) is 8.93. The van der Waals surface area contributed by atoms with Crippen molar-refractivity contribution in [2.45, 2.75) is 25.8 Å². The highest BCUT2D eigenvalue weighted by Gasteiger charge is 2.20. The van der Waals surface area contributed by atoms with Crippen LogP contribution in [0.1, 0.15) is 31.4 Å². The third-order valence-corrected chi connectivity index (χ3v) is 4.76. The van der Waals surface area contributed by atoms with Gasteiger partial charge in [-0.15, -0.1) is 0 Å². The van der Waals surface area contributed by atoms with E-state index < -0.39 is 0 Å². The van der Waals surface area contributed by atoms with Crippen LogP contribution in [-0.2, 0) is 4.74 Å². The summed E-state index contributed by atoms with van der Waals surface area (Å²) >= 11 is 0. The minimum atomic E-state index is -0.338. The number of benzene rings is 1. The molecule has 26 heavy (non-hydrogen) atoms. The highest BCUT2D eigenvalue weighted by Crippen LogP contribution is 2.18. The van der Waals surface area contributed by atoms with Crippen LogP contribution in [0.2, 0.25) is 0 Å². The third-order valence-electron chi connectivity index (χ3n) is 4.76. The molecule has 140 valence electrons. The molecule has 0 radical (unpaired) electrons. The number of hydrogen-bond acceptors (Lipinski definition) is 3. The molecule has 1 aromatic carbocycles. The summed E-state index contributed by atoms with van der Waals surface area (Å²) in [5, 5.41) is 7.19. The van der Waals surface area contributed by atoms with Crippen molar-refractivity contribution in [2.75, 3.05) is 26.8 Å². The Morgan fingerprint density at radius 2 is 2.15 bits per heavy atom. The normalized spacial score (nSPS) is 16.3. The van der Waals surface area contributed by atoms with Crippen molar-refractivity contribution >= 4 is 6.03 Å². The summed E-state index contributed by atoms with van der Waals surface area (Å²) in [6.07, 6.45) is 5.36. The van der Waals surface area contributed by atoms with Gasteiger partial charge in [0.1, 0.15) is 11.5 Å². The van der Waals surface area contributed by atoms with E-state index in [0.717, 1.165) is 38.2 Å². The molecule has 1 saturated heterocycles. The number of carbonyl (C=O) groups is 1. The third kappa shape index (κ3) is 4.40. The molecule has 7 heteroatoms. The number of amides is 2. The van der Waals surface area contributed by atoms with Crippen LogP contribution in [0, 0.1) is 11.7 Å². The second-order valence-electron chi connectivity index (χ2n) is 6.78. The number of nitrogens with zero attached hydrogens (tertiary/aromatic N) is 3. The monoisotopic (exact) mass is 360 g/mol. The van der Waals surface area contributed by atoms with Gasteiger partial charge in [0.2, 0.25) is 0 Å². The zero-order chi connectivity index (χ0) is 18.5. The Labute approximate surface area is 152 Å². The van der Waals surface area contributed by atoms with Gasteiger partial charge >= 0.3 is 6.03 Å². The molecule has 1 aliphatic heterocycles. The van der Waals surface area contributed by atoms with E-state index >= 15 is 0 Å². The summed E-state index contributed by atoms with van der Waals surface area (Å²) in [4.78, 5) is 14.1. The zero-order valence-corrected chi connectivity index (χ0v) is 15.2. The first kappa shape index (κ1) is 18.4. The van der Waals surface area contributed by atoms with Gasteiger partial charge in [-0.3, -0.25) is 0 Å². The van der Waals surface area contributed by atoms with E-state index in [1.165, 1.54) is 10.7 Å². The molecule has 2 amide bonds. The van der Waals surface area contributed by atoms with E-state index in [1.807, 2.05) is 6.92 Å². The van der Waals surface area contributed by atoms with Gasteiger partial charge in [0.25, 0.3) is 0 Å². The van der Waals surface area contributed by atoms with Crippen molar-refractivity contribution in [3.05, 3.63) is 48.0 Å². The summed E-state index contributed by atoms with van der Waals surface area (Å²) in [5.41, 5.74) is 1.20. The molecule has 0 unspecified atom stereocenters. The van der Waals surface area contributed by atoms with Crippen molar-refractivity contribution in [1.29, 1.82) is 0 Å². The summed E-state index contributed by atoms with van der Waals surface area (Å²) in [7, 11) is 1.81. The number of aromatic nitrogens is 2. The molecule has 0 bridgehead atoms. The Morgan fingerprint density at radius 1 is 1.42 bits per heavy atom. The van der Waals surface area contributed by atoms with Gasteiger partial charge < -0.3 is 15.0 Å². The second kappa shape index (κ2) is 8.31. The van der Waals surface area contributed by atoms with E-state index in [-0.39, 0.29) is 17.9 Å². The van der Waals surface area contributed by atoms with Gasteiger partial charge in [-0.2, -0.15) is 5.10 Å². The minimum Gasteiger partial charge on any atom is -0.381 e. The van der Waals surface area contributed by atoms with Gasteiger partial charge in [-0.05, 0) is 37.8 Å². The van der Waals surface area contributed by atoms with Crippen molar-refractivity contribution in [3.63, 3.8) is 0 Å². The maximum atomic E-state index is 13.9. The Bertz CT molecular complexity index is 743. The van der Waals surface area contributed by atoms with Gasteiger partial charge in [-0.25, -0.2) is 13.9 Å². The first-order valence-electron chi connectivity index (χ1n) is 8.93. The Kier molecular flexibility index (Phi) is 5.88. The number of carbonyl (C=O) groups excluding carboxylic acids is 1. The van der Waals surface area contributed by atoms with E-state index in [9.17, 15) is 9.18 Å². The average Bonchev–Trinajstić information content (AvgIpc) is 3.13. The fraction of sp³-hybridized carbons (Fsp3) is 0.474. The summed E-state index contributed by atoms with van der Waals surface area (Å²) in [6.45, 7) is 4.15. The number of halogens is 1. The summed E-state index contributed by atoms with van der Waals surface area (Å²) in [5.74, 6) is 0.147. The Morgan fingerprint density at radius 3 is 2.88 bits per heavy atom. The fourth-order valence-electron chi connectivity index (χ4n) is 3.11. The standard InChI is InChI=1S/C19H25FN4O2/c1-14(22-19(25)23(2)12-15-7-9-26-10-8-15)16-11-21-24(13-16)18-6-4-3-5-17(18)20/h3-6,11,13-15H,7-10,12H2,1-2H3,(H,22,25)/t14-/m1/s1. The van der Waals surface area contributed by atoms with Crippen LogP contribution in [-0.4, -0.2) is 47.5 Å². The van der Waals surface area contributed by atoms with Crippen LogP contribution in [0.15, 0.2) is 36.7 Å². The number of ether oxygens (including phenoxy) is 1. The van der Waals surface area contributed by atoms with Gasteiger partial charge in [0.05, 0.1) is 12.2 Å². The van der Waals surface area contributed by atoms with Crippen molar-refractivity contribution in [2.24, 2.45) is 5.92 Å². The molecule has 1 aliphatic rings. The molecule has 0 aliphatic carbocycles. The largest absolute Gasteiger partial charge is 0.381 e. The van der Waals surface area contributed by atoms with Crippen molar-refractivity contribution < 1.29 is 13.9 Å². The van der Waals surface area contributed by atoms with Crippen LogP contribution < -0.4 is 5.32 Å². The smallest absolute Gasteiger partial charge is 0.317 e. The van der Waals surface area contributed by atoms with Crippen molar-refractivity contribution in [3.8, 4) is 5.69 Å². The molecular weight excluding hydrogens is 335 g/mol.